The number of rotatable bonds is 8. The molecule has 6 nitrogen and oxygen atoms in total. The van der Waals surface area contributed by atoms with Crippen molar-refractivity contribution < 1.29 is 14.6 Å². The van der Waals surface area contributed by atoms with E-state index < -0.39 is 0 Å². The molecule has 3 aromatic rings. The third kappa shape index (κ3) is 5.97. The molecule has 0 atom stereocenters. The molecular weight excluding hydrogens is 498 g/mol. The number of carbonyl (C=O) groups excluding carboxylic acids is 1. The Labute approximate surface area is 238 Å². The number of methoxy groups -OCH3 is 1. The third-order valence-corrected chi connectivity index (χ3v) is 9.50. The molecule has 2 aromatic carbocycles. The number of aliphatic hydroxyl groups excluding tert-OH is 1. The van der Waals surface area contributed by atoms with Gasteiger partial charge in [-0.2, -0.15) is 5.10 Å². The molecule has 1 N–H and O–H groups in total. The number of benzene rings is 2. The Morgan fingerprint density at radius 3 is 2.45 bits per heavy atom. The Bertz CT molecular complexity index is 1310. The highest BCUT2D eigenvalue weighted by atomic mass is 16.5. The third-order valence-electron chi connectivity index (χ3n) is 9.50. The van der Waals surface area contributed by atoms with Crippen molar-refractivity contribution in [3.63, 3.8) is 0 Å². The van der Waals surface area contributed by atoms with Gasteiger partial charge >= 0.3 is 0 Å². The van der Waals surface area contributed by atoms with E-state index in [0.29, 0.717) is 17.9 Å². The summed E-state index contributed by atoms with van der Waals surface area (Å²) in [5.74, 6) is 2.21. The predicted octanol–water partition coefficient (Wildman–Crippen LogP) is 7.06. The molecular formula is C34H43N3O3. The van der Waals surface area contributed by atoms with Crippen molar-refractivity contribution in [2.24, 2.45) is 11.8 Å². The molecule has 40 heavy (non-hydrogen) atoms. The second-order valence-corrected chi connectivity index (χ2v) is 12.4. The van der Waals surface area contributed by atoms with E-state index in [1.54, 1.807) is 7.11 Å². The van der Waals surface area contributed by atoms with Crippen molar-refractivity contribution in [2.45, 2.75) is 89.2 Å². The number of nitrogens with zero attached hydrogens (tertiary/aromatic N) is 3. The highest BCUT2D eigenvalue weighted by molar-refractivity contribution is 5.95. The van der Waals surface area contributed by atoms with E-state index in [1.807, 2.05) is 6.20 Å². The largest absolute Gasteiger partial charge is 0.496 e. The minimum absolute atomic E-state index is 0.0108. The molecule has 3 saturated carbocycles. The second kappa shape index (κ2) is 11.8. The molecule has 1 aromatic heterocycles. The number of hydrogen-bond acceptors (Lipinski definition) is 4. The summed E-state index contributed by atoms with van der Waals surface area (Å²) in [6.45, 7) is 2.88. The van der Waals surface area contributed by atoms with Crippen LogP contribution in [0.1, 0.15) is 87.3 Å². The first-order valence-corrected chi connectivity index (χ1v) is 15.3. The first-order valence-electron chi connectivity index (χ1n) is 15.3. The quantitative estimate of drug-likeness (QED) is 0.332. The number of anilines is 1. The van der Waals surface area contributed by atoms with Gasteiger partial charge in [0.15, 0.2) is 0 Å². The van der Waals surface area contributed by atoms with Crippen LogP contribution in [0, 0.1) is 18.8 Å². The van der Waals surface area contributed by atoms with Crippen molar-refractivity contribution >= 4 is 11.6 Å². The van der Waals surface area contributed by atoms with Crippen LogP contribution in [0.5, 0.6) is 5.75 Å². The topological polar surface area (TPSA) is 67.6 Å². The van der Waals surface area contributed by atoms with Crippen LogP contribution in [-0.2, 0) is 4.79 Å². The number of aryl methyl sites for hydroxylation is 1. The van der Waals surface area contributed by atoms with Crippen LogP contribution in [0.25, 0.3) is 11.1 Å². The van der Waals surface area contributed by atoms with Gasteiger partial charge in [0.2, 0.25) is 5.91 Å². The van der Waals surface area contributed by atoms with Gasteiger partial charge in [-0.1, -0.05) is 24.3 Å². The molecule has 0 saturated heterocycles. The highest BCUT2D eigenvalue weighted by Crippen LogP contribution is 2.39. The van der Waals surface area contributed by atoms with Gasteiger partial charge in [0.25, 0.3) is 0 Å². The van der Waals surface area contributed by atoms with Crippen molar-refractivity contribution in [1.29, 1.82) is 0 Å². The Kier molecular flexibility index (Phi) is 7.97. The standard InChI is InChI=1S/C34H43N3O3/c1-23-18-28(12-17-33(23)40-2)25-8-6-24(7-9-25)21-36(34(39)26-10-15-32(38)16-11-26)31-5-3-4-27(19-31)29-20-35-37(22-29)30-13-14-30/h3-5,12,17-20,22,24-26,30,32,38H,6-11,13-16,21H2,1-2H3/t24-,25-,26-,32-. The molecule has 0 bridgehead atoms. The van der Waals surface area contributed by atoms with Gasteiger partial charge in [0.05, 0.1) is 25.5 Å². The molecule has 0 unspecified atom stereocenters. The van der Waals surface area contributed by atoms with E-state index >= 15 is 0 Å². The minimum atomic E-state index is -0.263. The average molecular weight is 542 g/mol. The summed E-state index contributed by atoms with van der Waals surface area (Å²) in [4.78, 5) is 16.1. The molecule has 212 valence electrons. The molecule has 0 spiro atoms. The summed E-state index contributed by atoms with van der Waals surface area (Å²) < 4.78 is 7.55. The van der Waals surface area contributed by atoms with Gasteiger partial charge < -0.3 is 14.7 Å². The summed E-state index contributed by atoms with van der Waals surface area (Å²) in [7, 11) is 1.73. The number of hydrogen-bond donors (Lipinski definition) is 1. The summed E-state index contributed by atoms with van der Waals surface area (Å²) in [5, 5.41) is 14.6. The highest BCUT2D eigenvalue weighted by Gasteiger charge is 2.32. The second-order valence-electron chi connectivity index (χ2n) is 12.4. The Morgan fingerprint density at radius 1 is 0.975 bits per heavy atom. The van der Waals surface area contributed by atoms with Gasteiger partial charge in [-0.3, -0.25) is 9.48 Å². The minimum Gasteiger partial charge on any atom is -0.496 e. The Morgan fingerprint density at radius 2 is 1.75 bits per heavy atom. The van der Waals surface area contributed by atoms with Crippen LogP contribution in [0.2, 0.25) is 0 Å². The summed E-state index contributed by atoms with van der Waals surface area (Å²) >= 11 is 0. The molecule has 3 aliphatic rings. The van der Waals surface area contributed by atoms with E-state index in [4.69, 9.17) is 4.74 Å². The van der Waals surface area contributed by atoms with E-state index in [2.05, 4.69) is 70.3 Å². The number of ether oxygens (including phenoxy) is 1. The average Bonchev–Trinajstić information content (AvgIpc) is 3.72. The summed E-state index contributed by atoms with van der Waals surface area (Å²) in [6, 6.07) is 15.6. The molecule has 6 heteroatoms. The molecule has 3 aliphatic carbocycles. The lowest BCUT2D eigenvalue weighted by Crippen LogP contribution is -2.41. The summed E-state index contributed by atoms with van der Waals surface area (Å²) in [6.07, 6.45) is 13.8. The predicted molar refractivity (Wildman–Crippen MR) is 159 cm³/mol. The van der Waals surface area contributed by atoms with Crippen LogP contribution in [0.3, 0.4) is 0 Å². The maximum Gasteiger partial charge on any atom is 0.230 e. The van der Waals surface area contributed by atoms with Crippen LogP contribution in [-0.4, -0.2) is 40.6 Å². The Balaban J connectivity index is 1.19. The lowest BCUT2D eigenvalue weighted by molar-refractivity contribution is -0.124. The SMILES string of the molecule is COc1ccc([C@H]2CC[C@H](CN(c3cccc(-c4cnn(C5CC5)c4)c3)C(=O)[C@H]3CC[C@H](O)CC3)CC2)cc1C. The van der Waals surface area contributed by atoms with Crippen LogP contribution in [0.4, 0.5) is 5.69 Å². The molecule has 6 rings (SSSR count). The van der Waals surface area contributed by atoms with Gasteiger partial charge in [0.1, 0.15) is 5.75 Å². The zero-order chi connectivity index (χ0) is 27.6. The number of aliphatic hydroxyl groups is 1. The fraction of sp³-hybridized carbons (Fsp3) is 0.529. The molecule has 1 amide bonds. The number of carbonyl (C=O) groups is 1. The smallest absolute Gasteiger partial charge is 0.230 e. The zero-order valence-electron chi connectivity index (χ0n) is 24.0. The van der Waals surface area contributed by atoms with E-state index in [1.165, 1.54) is 24.0 Å². The zero-order valence-corrected chi connectivity index (χ0v) is 24.0. The van der Waals surface area contributed by atoms with Gasteiger partial charge in [0, 0.05) is 29.9 Å². The van der Waals surface area contributed by atoms with Crippen LogP contribution in [0.15, 0.2) is 54.9 Å². The lowest BCUT2D eigenvalue weighted by atomic mass is 9.78. The van der Waals surface area contributed by atoms with Crippen molar-refractivity contribution in [3.8, 4) is 16.9 Å². The van der Waals surface area contributed by atoms with E-state index in [0.717, 1.165) is 80.5 Å². The lowest BCUT2D eigenvalue weighted by Gasteiger charge is -2.36. The van der Waals surface area contributed by atoms with Crippen molar-refractivity contribution in [3.05, 3.63) is 66.0 Å². The van der Waals surface area contributed by atoms with Crippen molar-refractivity contribution in [1.82, 2.24) is 9.78 Å². The van der Waals surface area contributed by atoms with E-state index in [-0.39, 0.29) is 17.9 Å². The monoisotopic (exact) mass is 541 g/mol. The maximum atomic E-state index is 14.0. The van der Waals surface area contributed by atoms with Gasteiger partial charge in [-0.25, -0.2) is 0 Å². The first-order chi connectivity index (χ1) is 19.5. The van der Waals surface area contributed by atoms with Crippen LogP contribution >= 0.6 is 0 Å². The van der Waals surface area contributed by atoms with Gasteiger partial charge in [-0.05, 0) is 118 Å². The normalized spacial score (nSPS) is 25.0. The molecule has 0 aliphatic heterocycles. The fourth-order valence-electron chi connectivity index (χ4n) is 6.84. The van der Waals surface area contributed by atoms with E-state index in [9.17, 15) is 9.90 Å². The first kappa shape index (κ1) is 27.1. The number of amides is 1. The maximum absolute atomic E-state index is 14.0. The molecule has 1 heterocycles. The molecule has 0 radical (unpaired) electrons. The Hall–Kier alpha value is -3.12. The number of aromatic nitrogens is 2. The van der Waals surface area contributed by atoms with Crippen molar-refractivity contribution in [2.75, 3.05) is 18.6 Å². The summed E-state index contributed by atoms with van der Waals surface area (Å²) in [5.41, 5.74) is 5.81. The fourth-order valence-corrected chi connectivity index (χ4v) is 6.84. The molecule has 3 fully saturated rings. The van der Waals surface area contributed by atoms with Crippen LogP contribution < -0.4 is 9.64 Å². The van der Waals surface area contributed by atoms with Gasteiger partial charge in [-0.15, -0.1) is 0 Å².